The van der Waals surface area contributed by atoms with Crippen LogP contribution in [0.3, 0.4) is 0 Å². The second-order valence-corrected chi connectivity index (χ2v) is 7.46. The summed E-state index contributed by atoms with van der Waals surface area (Å²) in [5, 5.41) is 9.18. The van der Waals surface area contributed by atoms with Gasteiger partial charge in [-0.15, -0.1) is 0 Å². The van der Waals surface area contributed by atoms with Crippen molar-refractivity contribution < 1.29 is 14.7 Å². The number of amides is 2. The van der Waals surface area contributed by atoms with Crippen molar-refractivity contribution in [2.24, 2.45) is 11.3 Å². The van der Waals surface area contributed by atoms with Crippen molar-refractivity contribution in [3.05, 3.63) is 0 Å². The highest BCUT2D eigenvalue weighted by Gasteiger charge is 2.40. The Kier molecular flexibility index (Phi) is 4.49. The van der Waals surface area contributed by atoms with Gasteiger partial charge in [-0.1, -0.05) is 13.8 Å². The molecular weight excluding hydrogens is 268 g/mol. The van der Waals surface area contributed by atoms with E-state index >= 15 is 0 Å². The minimum atomic E-state index is -0.792. The van der Waals surface area contributed by atoms with Gasteiger partial charge in [-0.05, 0) is 44.4 Å². The van der Waals surface area contributed by atoms with Crippen LogP contribution in [0.1, 0.15) is 52.9 Å². The van der Waals surface area contributed by atoms with Crippen LogP contribution < -0.4 is 0 Å². The third kappa shape index (κ3) is 3.33. The first-order chi connectivity index (χ1) is 9.73. The molecule has 1 aliphatic carbocycles. The Labute approximate surface area is 127 Å². The van der Waals surface area contributed by atoms with E-state index in [-0.39, 0.29) is 12.1 Å². The summed E-state index contributed by atoms with van der Waals surface area (Å²) in [6.07, 6.45) is 4.93. The highest BCUT2D eigenvalue weighted by Crippen LogP contribution is 2.37. The maximum Gasteiger partial charge on any atom is 0.320 e. The van der Waals surface area contributed by atoms with Gasteiger partial charge in [0.25, 0.3) is 0 Å². The Hall–Kier alpha value is -1.26. The van der Waals surface area contributed by atoms with Crippen molar-refractivity contribution in [3.63, 3.8) is 0 Å². The van der Waals surface area contributed by atoms with Gasteiger partial charge in [0.2, 0.25) is 0 Å². The topological polar surface area (TPSA) is 60.9 Å². The summed E-state index contributed by atoms with van der Waals surface area (Å²) >= 11 is 0. The Morgan fingerprint density at radius 2 is 1.76 bits per heavy atom. The Bertz CT molecular complexity index is 412. The average molecular weight is 296 g/mol. The second-order valence-electron chi connectivity index (χ2n) is 7.46. The number of rotatable bonds is 2. The fraction of sp³-hybridized carbons (Fsp3) is 0.875. The first kappa shape index (κ1) is 16.1. The van der Waals surface area contributed by atoms with Crippen LogP contribution >= 0.6 is 0 Å². The van der Waals surface area contributed by atoms with Gasteiger partial charge in [0.1, 0.15) is 0 Å². The molecule has 2 rings (SSSR count). The summed E-state index contributed by atoms with van der Waals surface area (Å²) in [4.78, 5) is 27.4. The Morgan fingerprint density at radius 3 is 2.24 bits per heavy atom. The summed E-state index contributed by atoms with van der Waals surface area (Å²) in [6.45, 7) is 6.97. The molecule has 5 nitrogen and oxygen atoms in total. The maximum atomic E-state index is 12.6. The zero-order valence-corrected chi connectivity index (χ0v) is 13.6. The van der Waals surface area contributed by atoms with Crippen LogP contribution in [0, 0.1) is 11.3 Å². The van der Waals surface area contributed by atoms with Crippen molar-refractivity contribution in [1.82, 2.24) is 9.80 Å². The summed E-state index contributed by atoms with van der Waals surface area (Å²) in [5.41, 5.74) is 0.385. The largest absolute Gasteiger partial charge is 0.481 e. The van der Waals surface area contributed by atoms with Gasteiger partial charge in [-0.2, -0.15) is 0 Å². The number of hydrogen-bond acceptors (Lipinski definition) is 2. The summed E-state index contributed by atoms with van der Waals surface area (Å²) in [6, 6.07) is 0.0787. The summed E-state index contributed by atoms with van der Waals surface area (Å²) < 4.78 is 0. The molecule has 2 aliphatic rings. The number of carbonyl (C=O) groups excluding carboxylic acids is 1. The van der Waals surface area contributed by atoms with Crippen molar-refractivity contribution in [1.29, 1.82) is 0 Å². The molecule has 0 aromatic rings. The minimum absolute atomic E-state index is 0.00374. The van der Waals surface area contributed by atoms with Crippen LogP contribution in [0.15, 0.2) is 0 Å². The van der Waals surface area contributed by atoms with E-state index in [1.165, 1.54) is 0 Å². The molecule has 1 aliphatic heterocycles. The van der Waals surface area contributed by atoms with Crippen molar-refractivity contribution >= 4 is 12.0 Å². The first-order valence-electron chi connectivity index (χ1n) is 7.99. The van der Waals surface area contributed by atoms with Gasteiger partial charge in [-0.25, -0.2) is 4.79 Å². The number of carbonyl (C=O) groups is 2. The summed E-state index contributed by atoms with van der Waals surface area (Å²) in [7, 11) is 1.87. The normalized spacial score (nSPS) is 29.4. The van der Waals surface area contributed by atoms with Crippen LogP contribution in [0.25, 0.3) is 0 Å². The molecule has 1 saturated carbocycles. The number of urea groups is 1. The predicted octanol–water partition coefficient (Wildman–Crippen LogP) is 2.80. The fourth-order valence-electron chi connectivity index (χ4n) is 3.67. The molecule has 1 N–H and O–H groups in total. The van der Waals surface area contributed by atoms with Crippen LogP contribution in [0.4, 0.5) is 4.79 Å². The molecule has 2 atom stereocenters. The molecule has 2 fully saturated rings. The van der Waals surface area contributed by atoms with Crippen LogP contribution in [0.2, 0.25) is 0 Å². The van der Waals surface area contributed by atoms with Gasteiger partial charge in [0.05, 0.1) is 5.92 Å². The molecule has 5 heteroatoms. The fourth-order valence-corrected chi connectivity index (χ4v) is 3.67. The molecule has 0 aromatic heterocycles. The molecule has 0 radical (unpaired) electrons. The molecular formula is C16H28N2O3. The van der Waals surface area contributed by atoms with E-state index in [1.807, 2.05) is 18.9 Å². The molecule has 21 heavy (non-hydrogen) atoms. The smallest absolute Gasteiger partial charge is 0.320 e. The van der Waals surface area contributed by atoms with Crippen LogP contribution in [0.5, 0.6) is 0 Å². The van der Waals surface area contributed by atoms with Gasteiger partial charge < -0.3 is 14.9 Å². The monoisotopic (exact) mass is 296 g/mol. The number of likely N-dealkylation sites (tertiary alicyclic amines) is 1. The van der Waals surface area contributed by atoms with Crippen molar-refractivity contribution in [2.75, 3.05) is 13.6 Å². The maximum absolute atomic E-state index is 12.6. The zero-order valence-electron chi connectivity index (χ0n) is 13.6. The first-order valence-corrected chi connectivity index (χ1v) is 7.99. The Morgan fingerprint density at radius 1 is 1.19 bits per heavy atom. The summed E-state index contributed by atoms with van der Waals surface area (Å²) in [5.74, 6) is -1.22. The Balaban J connectivity index is 1.96. The highest BCUT2D eigenvalue weighted by atomic mass is 16.4. The second kappa shape index (κ2) is 5.85. The molecule has 120 valence electrons. The molecule has 2 amide bonds. The van der Waals surface area contributed by atoms with Crippen molar-refractivity contribution in [3.8, 4) is 0 Å². The lowest BCUT2D eigenvalue weighted by Gasteiger charge is -2.40. The average Bonchev–Trinajstić information content (AvgIpc) is 2.79. The third-order valence-electron chi connectivity index (χ3n) is 5.48. The van der Waals surface area contributed by atoms with Crippen LogP contribution in [-0.2, 0) is 4.79 Å². The van der Waals surface area contributed by atoms with Gasteiger partial charge in [0.15, 0.2) is 0 Å². The number of carboxylic acid groups (broad SMARTS) is 1. The lowest BCUT2D eigenvalue weighted by Crippen LogP contribution is -2.49. The molecule has 0 spiro atoms. The van der Waals surface area contributed by atoms with E-state index in [0.29, 0.717) is 24.4 Å². The number of aliphatic carboxylic acids is 1. The van der Waals surface area contributed by atoms with E-state index in [4.69, 9.17) is 0 Å². The third-order valence-corrected chi connectivity index (χ3v) is 5.48. The molecule has 1 heterocycles. The number of nitrogens with zero attached hydrogens (tertiary/aromatic N) is 2. The van der Waals surface area contributed by atoms with E-state index in [1.54, 1.807) is 4.90 Å². The molecule has 0 aromatic carbocycles. The zero-order chi connectivity index (χ0) is 15.8. The van der Waals surface area contributed by atoms with Gasteiger partial charge in [-0.3, -0.25) is 4.79 Å². The number of hydrogen-bond donors (Lipinski definition) is 1. The van der Waals surface area contributed by atoms with Gasteiger partial charge in [0, 0.05) is 25.7 Å². The highest BCUT2D eigenvalue weighted by molar-refractivity contribution is 5.78. The van der Waals surface area contributed by atoms with E-state index in [0.717, 1.165) is 25.7 Å². The minimum Gasteiger partial charge on any atom is -0.481 e. The lowest BCUT2D eigenvalue weighted by molar-refractivity contribution is -0.142. The van der Waals surface area contributed by atoms with E-state index in [2.05, 4.69) is 13.8 Å². The SMILES string of the molecule is CC1C(C(=O)O)CCN1C(=O)N(C)C1CCC(C)(C)CC1. The quantitative estimate of drug-likeness (QED) is 0.852. The standard InChI is InChI=1S/C16H28N2O3/c1-11-13(14(19)20)7-10-18(11)15(21)17(4)12-5-8-16(2,3)9-6-12/h11-13H,5-10H2,1-4H3,(H,19,20). The number of carboxylic acids is 1. The van der Waals surface area contributed by atoms with E-state index in [9.17, 15) is 14.7 Å². The van der Waals surface area contributed by atoms with Gasteiger partial charge >= 0.3 is 12.0 Å². The van der Waals surface area contributed by atoms with Crippen LogP contribution in [-0.4, -0.2) is 52.6 Å². The molecule has 2 unspecified atom stereocenters. The molecule has 0 bridgehead atoms. The van der Waals surface area contributed by atoms with E-state index < -0.39 is 11.9 Å². The molecule has 1 saturated heterocycles. The van der Waals surface area contributed by atoms with Crippen molar-refractivity contribution in [2.45, 2.75) is 65.0 Å². The predicted molar refractivity (Wildman–Crippen MR) is 81.1 cm³/mol. The lowest BCUT2D eigenvalue weighted by atomic mass is 9.75.